The predicted molar refractivity (Wildman–Crippen MR) is 309 cm³/mol. The molecule has 0 atom stereocenters. The lowest BCUT2D eigenvalue weighted by Crippen LogP contribution is -2.61. The van der Waals surface area contributed by atoms with Crippen LogP contribution < -0.4 is 31.1 Å². The molecule has 10 aromatic carbocycles. The van der Waals surface area contributed by atoms with E-state index < -0.39 is 0 Å². The van der Waals surface area contributed by atoms with Crippen LogP contribution in [-0.2, 0) is 10.8 Å². The Kier molecular flexibility index (Phi) is 11.1. The molecule has 0 bridgehead atoms. The molecule has 0 saturated carbocycles. The zero-order valence-electron chi connectivity index (χ0n) is 42.0. The summed E-state index contributed by atoms with van der Waals surface area (Å²) in [6.07, 6.45) is 0. The van der Waals surface area contributed by atoms with Crippen molar-refractivity contribution in [1.29, 1.82) is 0 Å². The first-order chi connectivity index (χ1) is 35.0. The van der Waals surface area contributed by atoms with Gasteiger partial charge in [-0.2, -0.15) is 0 Å². The van der Waals surface area contributed by atoms with Crippen molar-refractivity contribution in [3.63, 3.8) is 0 Å². The number of hydrogen-bond donors (Lipinski definition) is 0. The second kappa shape index (κ2) is 17.8. The largest absolute Gasteiger partial charge is 0.311 e. The van der Waals surface area contributed by atoms with Crippen molar-refractivity contribution in [2.24, 2.45) is 0 Å². The number of fused-ring (bicyclic) bond motifs is 4. The number of nitrogens with zero attached hydrogens (tertiary/aromatic N) is 3. The lowest BCUT2D eigenvalue weighted by atomic mass is 9.33. The maximum absolute atomic E-state index is 2.65. The van der Waals surface area contributed by atoms with Gasteiger partial charge in [0.15, 0.2) is 0 Å². The van der Waals surface area contributed by atoms with Crippen molar-refractivity contribution >= 4 is 74.3 Å². The van der Waals surface area contributed by atoms with Crippen LogP contribution in [0.5, 0.6) is 0 Å². The Balaban J connectivity index is 1.23. The standard InChI is InChI=1S/C68H58BN3/c1-67(2,3)51-37-40-61-60(45-51)69-59-39-38-56(70(53-31-19-10-20-32-53)54-33-21-11-22-34-54)46-62(59)71(55-35-23-12-24-36-55)63-41-50(47-25-13-7-14-26-47)42-64(65(63)69)72(61)66-57(48-27-15-8-16-28-48)43-52(68(4,5)6)44-58(66)49-29-17-9-18-30-49/h7-46H,1-6H3. The summed E-state index contributed by atoms with van der Waals surface area (Å²) in [6, 6.07) is 90.0. The Morgan fingerprint density at radius 3 is 1.32 bits per heavy atom. The van der Waals surface area contributed by atoms with Crippen LogP contribution in [0.15, 0.2) is 243 Å². The lowest BCUT2D eigenvalue weighted by molar-refractivity contribution is 0.590. The van der Waals surface area contributed by atoms with Gasteiger partial charge in [-0.25, -0.2) is 0 Å². The van der Waals surface area contributed by atoms with Crippen LogP contribution in [0.3, 0.4) is 0 Å². The molecule has 72 heavy (non-hydrogen) atoms. The van der Waals surface area contributed by atoms with E-state index in [0.29, 0.717) is 0 Å². The molecule has 0 unspecified atom stereocenters. The quantitative estimate of drug-likeness (QED) is 0.141. The molecule has 0 saturated heterocycles. The molecule has 10 aromatic rings. The van der Waals surface area contributed by atoms with Crippen LogP contribution in [0.1, 0.15) is 52.7 Å². The van der Waals surface area contributed by atoms with Crippen molar-refractivity contribution in [3.8, 4) is 33.4 Å². The monoisotopic (exact) mass is 927 g/mol. The van der Waals surface area contributed by atoms with Crippen LogP contribution in [-0.4, -0.2) is 6.71 Å². The summed E-state index contributed by atoms with van der Waals surface area (Å²) < 4.78 is 0. The molecular formula is C68H58BN3. The molecule has 0 N–H and O–H groups in total. The molecule has 2 aliphatic rings. The van der Waals surface area contributed by atoms with Crippen molar-refractivity contribution in [3.05, 3.63) is 254 Å². The molecule has 0 amide bonds. The zero-order chi connectivity index (χ0) is 49.1. The van der Waals surface area contributed by atoms with Gasteiger partial charge in [0.25, 0.3) is 6.71 Å². The average molecular weight is 928 g/mol. The molecule has 348 valence electrons. The highest BCUT2D eigenvalue weighted by Gasteiger charge is 2.45. The Morgan fingerprint density at radius 1 is 0.333 bits per heavy atom. The van der Waals surface area contributed by atoms with Crippen molar-refractivity contribution < 1.29 is 0 Å². The predicted octanol–water partition coefficient (Wildman–Crippen LogP) is 16.8. The maximum Gasteiger partial charge on any atom is 0.252 e. The molecule has 0 aromatic heterocycles. The molecule has 12 rings (SSSR count). The van der Waals surface area contributed by atoms with Crippen molar-refractivity contribution in [1.82, 2.24) is 0 Å². The summed E-state index contributed by atoms with van der Waals surface area (Å²) in [4.78, 5) is 7.58. The first kappa shape index (κ1) is 44.8. The van der Waals surface area contributed by atoms with Crippen LogP contribution in [0.2, 0.25) is 0 Å². The molecule has 0 spiro atoms. The molecule has 0 fully saturated rings. The zero-order valence-corrected chi connectivity index (χ0v) is 42.0. The van der Waals surface area contributed by atoms with Crippen molar-refractivity contribution in [2.45, 2.75) is 52.4 Å². The van der Waals surface area contributed by atoms with E-state index in [2.05, 4.69) is 299 Å². The normalized spacial score (nSPS) is 12.8. The third kappa shape index (κ3) is 7.88. The molecule has 4 heteroatoms. The molecule has 2 heterocycles. The Labute approximate surface area is 426 Å². The van der Waals surface area contributed by atoms with Gasteiger partial charge in [0.1, 0.15) is 0 Å². The fourth-order valence-corrected chi connectivity index (χ4v) is 11.1. The van der Waals surface area contributed by atoms with Gasteiger partial charge in [0.2, 0.25) is 0 Å². The smallest absolute Gasteiger partial charge is 0.252 e. The Bertz CT molecular complexity index is 3480. The van der Waals surface area contributed by atoms with Gasteiger partial charge in [-0.05, 0) is 139 Å². The maximum atomic E-state index is 2.65. The fourth-order valence-electron chi connectivity index (χ4n) is 11.1. The van der Waals surface area contributed by atoms with Gasteiger partial charge in [-0.1, -0.05) is 205 Å². The molecule has 0 aliphatic carbocycles. The first-order valence-electron chi connectivity index (χ1n) is 25.4. The minimum atomic E-state index is -0.111. The second-order valence-corrected chi connectivity index (χ2v) is 21.4. The number of anilines is 9. The summed E-state index contributed by atoms with van der Waals surface area (Å²) in [7, 11) is 0. The number of hydrogen-bond acceptors (Lipinski definition) is 3. The second-order valence-electron chi connectivity index (χ2n) is 21.4. The van der Waals surface area contributed by atoms with E-state index in [1.165, 1.54) is 78.1 Å². The average Bonchev–Trinajstić information content (AvgIpc) is 3.41. The van der Waals surface area contributed by atoms with Gasteiger partial charge in [0, 0.05) is 56.6 Å². The van der Waals surface area contributed by atoms with Crippen LogP contribution in [0.4, 0.5) is 51.2 Å². The van der Waals surface area contributed by atoms with Crippen molar-refractivity contribution in [2.75, 3.05) is 14.7 Å². The Morgan fingerprint density at radius 2 is 0.806 bits per heavy atom. The topological polar surface area (TPSA) is 9.72 Å². The van der Waals surface area contributed by atoms with E-state index in [-0.39, 0.29) is 17.5 Å². The summed E-state index contributed by atoms with van der Waals surface area (Å²) in [5, 5.41) is 0. The minimum Gasteiger partial charge on any atom is -0.311 e. The molecule has 0 radical (unpaired) electrons. The number of rotatable bonds is 8. The summed E-state index contributed by atoms with van der Waals surface area (Å²) in [5.74, 6) is 0. The lowest BCUT2D eigenvalue weighted by Gasteiger charge is -2.46. The van der Waals surface area contributed by atoms with Gasteiger partial charge in [-0.3, -0.25) is 0 Å². The van der Waals surface area contributed by atoms with Gasteiger partial charge in [-0.15, -0.1) is 0 Å². The Hall–Kier alpha value is -8.34. The fraction of sp³-hybridized carbons (Fsp3) is 0.118. The van der Waals surface area contributed by atoms with Crippen LogP contribution in [0, 0.1) is 0 Å². The highest BCUT2D eigenvalue weighted by Crippen LogP contribution is 2.53. The van der Waals surface area contributed by atoms with Gasteiger partial charge < -0.3 is 14.7 Å². The molecular weight excluding hydrogens is 870 g/mol. The van der Waals surface area contributed by atoms with E-state index in [4.69, 9.17) is 0 Å². The molecule has 2 aliphatic heterocycles. The number of para-hydroxylation sites is 3. The third-order valence-corrected chi connectivity index (χ3v) is 14.7. The van der Waals surface area contributed by atoms with Gasteiger partial charge >= 0.3 is 0 Å². The van der Waals surface area contributed by atoms with E-state index >= 15 is 0 Å². The van der Waals surface area contributed by atoms with E-state index in [0.717, 1.165) is 34.0 Å². The SMILES string of the molecule is CC(C)(C)c1ccc2c(c1)B1c3ccc(N(c4ccccc4)c4ccccc4)cc3N(c3ccccc3)c3cc(-c4ccccc4)cc(c31)N2c1c(-c2ccccc2)cc(C(C)(C)C)cc1-c1ccccc1. The van der Waals surface area contributed by atoms with Crippen LogP contribution in [0.25, 0.3) is 33.4 Å². The first-order valence-corrected chi connectivity index (χ1v) is 25.4. The third-order valence-electron chi connectivity index (χ3n) is 14.7. The van der Waals surface area contributed by atoms with E-state index in [1.807, 2.05) is 0 Å². The van der Waals surface area contributed by atoms with Crippen LogP contribution >= 0.6 is 0 Å². The minimum absolute atomic E-state index is 0.0894. The number of benzene rings is 10. The summed E-state index contributed by atoms with van der Waals surface area (Å²) in [5.41, 5.74) is 23.6. The van der Waals surface area contributed by atoms with Gasteiger partial charge in [0.05, 0.1) is 5.69 Å². The highest BCUT2D eigenvalue weighted by molar-refractivity contribution is 7.00. The summed E-state index contributed by atoms with van der Waals surface area (Å²) >= 11 is 0. The summed E-state index contributed by atoms with van der Waals surface area (Å²) in [6.45, 7) is 13.9. The highest BCUT2D eigenvalue weighted by atomic mass is 15.2. The van der Waals surface area contributed by atoms with E-state index in [1.54, 1.807) is 0 Å². The van der Waals surface area contributed by atoms with E-state index in [9.17, 15) is 0 Å². The molecule has 3 nitrogen and oxygen atoms in total.